The highest BCUT2D eigenvalue weighted by Gasteiger charge is 2.34. The van der Waals surface area contributed by atoms with E-state index in [1.54, 1.807) is 19.1 Å². The highest BCUT2D eigenvalue weighted by Crippen LogP contribution is 2.30. The van der Waals surface area contributed by atoms with E-state index in [0.29, 0.717) is 22.9 Å². The summed E-state index contributed by atoms with van der Waals surface area (Å²) >= 11 is 0. The van der Waals surface area contributed by atoms with Gasteiger partial charge in [-0.3, -0.25) is 9.89 Å². The van der Waals surface area contributed by atoms with E-state index in [0.717, 1.165) is 10.1 Å². The Balaban J connectivity index is 2.35. The maximum atomic E-state index is 12.9. The number of alkyl halides is 3. The second-order valence-corrected chi connectivity index (χ2v) is 5.11. The second-order valence-electron chi connectivity index (χ2n) is 5.11. The van der Waals surface area contributed by atoms with E-state index < -0.39 is 17.4 Å². The fourth-order valence-corrected chi connectivity index (χ4v) is 2.36. The molecule has 2 heterocycles. The molecule has 0 saturated carbocycles. The van der Waals surface area contributed by atoms with Crippen molar-refractivity contribution in [1.82, 2.24) is 14.6 Å². The van der Waals surface area contributed by atoms with Gasteiger partial charge in [-0.2, -0.15) is 13.2 Å². The van der Waals surface area contributed by atoms with Crippen molar-refractivity contribution in [1.29, 1.82) is 0 Å². The summed E-state index contributed by atoms with van der Waals surface area (Å²) in [7, 11) is 0. The van der Waals surface area contributed by atoms with Crippen LogP contribution in [0.25, 0.3) is 16.8 Å². The van der Waals surface area contributed by atoms with Gasteiger partial charge in [0, 0.05) is 17.3 Å². The van der Waals surface area contributed by atoms with Gasteiger partial charge in [0.25, 0.3) is 5.56 Å². The van der Waals surface area contributed by atoms with Crippen molar-refractivity contribution in [2.24, 2.45) is 0 Å². The summed E-state index contributed by atoms with van der Waals surface area (Å²) in [4.78, 5) is 15.5. The van der Waals surface area contributed by atoms with Gasteiger partial charge >= 0.3 is 6.18 Å². The molecule has 1 aromatic carbocycles. The van der Waals surface area contributed by atoms with Gasteiger partial charge in [-0.1, -0.05) is 29.8 Å². The van der Waals surface area contributed by atoms with Crippen molar-refractivity contribution < 1.29 is 13.2 Å². The van der Waals surface area contributed by atoms with Crippen LogP contribution < -0.4 is 5.56 Å². The molecule has 0 bridgehead atoms. The third-order valence-corrected chi connectivity index (χ3v) is 3.43. The number of aromatic amines is 1. The summed E-state index contributed by atoms with van der Waals surface area (Å²) in [5.41, 5.74) is 0.788. The van der Waals surface area contributed by atoms with Crippen LogP contribution in [0.5, 0.6) is 0 Å². The Hall–Kier alpha value is -2.57. The van der Waals surface area contributed by atoms with Crippen LogP contribution in [0.2, 0.25) is 0 Å². The summed E-state index contributed by atoms with van der Waals surface area (Å²) in [5.74, 6) is 0. The van der Waals surface area contributed by atoms with Crippen LogP contribution in [0.15, 0.2) is 35.1 Å². The molecule has 114 valence electrons. The summed E-state index contributed by atoms with van der Waals surface area (Å²) in [6.07, 6.45) is -4.66. The molecule has 0 aliphatic heterocycles. The van der Waals surface area contributed by atoms with Crippen LogP contribution >= 0.6 is 0 Å². The maximum absolute atomic E-state index is 12.9. The molecular formula is C15H12F3N3O. The Morgan fingerprint density at radius 2 is 1.77 bits per heavy atom. The van der Waals surface area contributed by atoms with Crippen LogP contribution in [0.3, 0.4) is 0 Å². The molecule has 0 saturated heterocycles. The molecule has 0 fully saturated rings. The number of halogens is 3. The molecule has 3 rings (SSSR count). The van der Waals surface area contributed by atoms with Gasteiger partial charge in [0.05, 0.1) is 0 Å². The lowest BCUT2D eigenvalue weighted by molar-refractivity contribution is -0.141. The molecular weight excluding hydrogens is 295 g/mol. The number of nitrogens with zero attached hydrogens (tertiary/aromatic N) is 2. The molecule has 22 heavy (non-hydrogen) atoms. The molecule has 7 heteroatoms. The van der Waals surface area contributed by atoms with Gasteiger partial charge in [-0.05, 0) is 19.4 Å². The van der Waals surface area contributed by atoms with E-state index in [2.05, 4.69) is 10.1 Å². The van der Waals surface area contributed by atoms with Gasteiger partial charge in [-0.15, -0.1) is 0 Å². The van der Waals surface area contributed by atoms with Crippen molar-refractivity contribution >= 4 is 5.65 Å². The summed E-state index contributed by atoms with van der Waals surface area (Å²) in [6, 6.07) is 7.77. The topological polar surface area (TPSA) is 50.2 Å². The predicted molar refractivity (Wildman–Crippen MR) is 75.7 cm³/mol. The first-order chi connectivity index (χ1) is 10.3. The Bertz CT molecular complexity index is 905. The standard InChI is InChI=1S/C15H12F3N3O/c1-8-3-5-10(6-4-8)13-9(2)20-21-12(22)7-11(15(16,17)18)19-14(13)21/h3-7,20H,1-2H3. The lowest BCUT2D eigenvalue weighted by atomic mass is 10.0. The lowest BCUT2D eigenvalue weighted by Crippen LogP contribution is -2.20. The minimum absolute atomic E-state index is 0.0267. The number of nitrogens with one attached hydrogen (secondary N) is 1. The normalized spacial score (nSPS) is 12.0. The largest absolute Gasteiger partial charge is 0.433 e. The van der Waals surface area contributed by atoms with Gasteiger partial charge in [0.1, 0.15) is 0 Å². The number of H-pyrrole nitrogens is 1. The number of aromatic nitrogens is 3. The van der Waals surface area contributed by atoms with E-state index in [-0.39, 0.29) is 5.65 Å². The average molecular weight is 307 g/mol. The smallest absolute Gasteiger partial charge is 0.293 e. The predicted octanol–water partition coefficient (Wildman–Crippen LogP) is 3.33. The Labute approximate surface area is 123 Å². The molecule has 4 nitrogen and oxygen atoms in total. The third kappa shape index (κ3) is 2.28. The minimum Gasteiger partial charge on any atom is -0.293 e. The molecule has 0 spiro atoms. The van der Waals surface area contributed by atoms with Crippen molar-refractivity contribution in [2.45, 2.75) is 20.0 Å². The zero-order valence-electron chi connectivity index (χ0n) is 11.8. The van der Waals surface area contributed by atoms with Gasteiger partial charge in [0.15, 0.2) is 11.3 Å². The molecule has 0 amide bonds. The molecule has 1 N–H and O–H groups in total. The quantitative estimate of drug-likeness (QED) is 0.749. The fraction of sp³-hybridized carbons (Fsp3) is 0.200. The zero-order valence-corrected chi connectivity index (χ0v) is 11.8. The number of fused-ring (bicyclic) bond motifs is 1. The maximum Gasteiger partial charge on any atom is 0.433 e. The highest BCUT2D eigenvalue weighted by atomic mass is 19.4. The van der Waals surface area contributed by atoms with Crippen LogP contribution in [0.1, 0.15) is 17.0 Å². The van der Waals surface area contributed by atoms with Crippen LogP contribution in [0.4, 0.5) is 13.2 Å². The van der Waals surface area contributed by atoms with E-state index in [4.69, 9.17) is 0 Å². The average Bonchev–Trinajstić information content (AvgIpc) is 2.76. The first-order valence-corrected chi connectivity index (χ1v) is 6.54. The van der Waals surface area contributed by atoms with Crippen LogP contribution in [0, 0.1) is 13.8 Å². The lowest BCUT2D eigenvalue weighted by Gasteiger charge is -2.06. The summed E-state index contributed by atoms with van der Waals surface area (Å²) < 4.78 is 39.6. The highest BCUT2D eigenvalue weighted by molar-refractivity contribution is 5.79. The zero-order chi connectivity index (χ0) is 16.1. The monoisotopic (exact) mass is 307 g/mol. The van der Waals surface area contributed by atoms with E-state index in [1.807, 2.05) is 19.1 Å². The van der Waals surface area contributed by atoms with Crippen LogP contribution in [-0.4, -0.2) is 14.6 Å². The summed E-state index contributed by atoms with van der Waals surface area (Å²) in [5, 5.41) is 2.76. The molecule has 0 radical (unpaired) electrons. The Kier molecular flexibility index (Phi) is 3.09. The number of rotatable bonds is 1. The number of hydrogen-bond donors (Lipinski definition) is 1. The Morgan fingerprint density at radius 1 is 1.14 bits per heavy atom. The van der Waals surface area contributed by atoms with Crippen molar-refractivity contribution in [3.05, 3.63) is 57.6 Å². The fourth-order valence-electron chi connectivity index (χ4n) is 2.36. The first-order valence-electron chi connectivity index (χ1n) is 6.54. The summed E-state index contributed by atoms with van der Waals surface area (Å²) in [6.45, 7) is 3.60. The minimum atomic E-state index is -4.66. The third-order valence-electron chi connectivity index (χ3n) is 3.43. The van der Waals surface area contributed by atoms with Gasteiger partial charge in [0.2, 0.25) is 0 Å². The van der Waals surface area contributed by atoms with E-state index >= 15 is 0 Å². The molecule has 3 aromatic rings. The van der Waals surface area contributed by atoms with Crippen molar-refractivity contribution in [3.63, 3.8) is 0 Å². The molecule has 2 aromatic heterocycles. The van der Waals surface area contributed by atoms with Gasteiger partial charge in [-0.25, -0.2) is 9.50 Å². The van der Waals surface area contributed by atoms with Crippen molar-refractivity contribution in [2.75, 3.05) is 0 Å². The van der Waals surface area contributed by atoms with E-state index in [9.17, 15) is 18.0 Å². The van der Waals surface area contributed by atoms with Gasteiger partial charge < -0.3 is 0 Å². The number of hydrogen-bond acceptors (Lipinski definition) is 2. The van der Waals surface area contributed by atoms with E-state index in [1.165, 1.54) is 0 Å². The molecule has 0 atom stereocenters. The first kappa shape index (κ1) is 14.4. The second kappa shape index (κ2) is 4.72. The SMILES string of the molecule is Cc1ccc(-c2c(C)[nH]n3c(=O)cc(C(F)(F)F)nc23)cc1. The molecule has 0 aliphatic rings. The van der Waals surface area contributed by atoms with Crippen LogP contribution in [-0.2, 0) is 6.18 Å². The Morgan fingerprint density at radius 3 is 2.36 bits per heavy atom. The number of aryl methyl sites for hydroxylation is 2. The van der Waals surface area contributed by atoms with Crippen molar-refractivity contribution in [3.8, 4) is 11.1 Å². The molecule has 0 aliphatic carbocycles. The number of benzene rings is 1. The molecule has 0 unspecified atom stereocenters.